The number of hydrogen-bond donors (Lipinski definition) is 2. The van der Waals surface area contributed by atoms with Crippen LogP contribution in [0.1, 0.15) is 38.2 Å². The minimum Gasteiger partial charge on any atom is -0.370 e. The Morgan fingerprint density at radius 1 is 1.11 bits per heavy atom. The van der Waals surface area contributed by atoms with Crippen molar-refractivity contribution in [1.82, 2.24) is 9.97 Å². The van der Waals surface area contributed by atoms with E-state index in [0.29, 0.717) is 0 Å². The Morgan fingerprint density at radius 3 is 2.21 bits per heavy atom. The van der Waals surface area contributed by atoms with Crippen molar-refractivity contribution in [3.63, 3.8) is 0 Å². The van der Waals surface area contributed by atoms with Gasteiger partial charge in [-0.3, -0.25) is 0 Å². The van der Waals surface area contributed by atoms with E-state index in [1.54, 1.807) is 6.33 Å². The maximum absolute atomic E-state index is 4.39. The smallest absolute Gasteiger partial charge is 0.134 e. The average molecular weight is 260 g/mol. The van der Waals surface area contributed by atoms with Crippen LogP contribution < -0.4 is 10.6 Å². The molecule has 0 saturated heterocycles. The van der Waals surface area contributed by atoms with Gasteiger partial charge in [0.15, 0.2) is 0 Å². The molecule has 4 nitrogen and oxygen atoms in total. The molecule has 4 heteroatoms. The second-order valence-electron chi connectivity index (χ2n) is 5.95. The summed E-state index contributed by atoms with van der Waals surface area (Å²) < 4.78 is 0. The van der Waals surface area contributed by atoms with Crippen LogP contribution in [0, 0.1) is 24.7 Å². The zero-order chi connectivity index (χ0) is 13.2. The lowest BCUT2D eigenvalue weighted by Gasteiger charge is -2.18. The molecule has 104 valence electrons. The summed E-state index contributed by atoms with van der Waals surface area (Å²) in [6.07, 6.45) is 7.40. The van der Waals surface area contributed by atoms with Gasteiger partial charge in [0.05, 0.1) is 0 Å². The van der Waals surface area contributed by atoms with Gasteiger partial charge in [-0.25, -0.2) is 9.97 Å². The van der Waals surface area contributed by atoms with Gasteiger partial charge >= 0.3 is 0 Å². The van der Waals surface area contributed by atoms with Crippen molar-refractivity contribution in [2.24, 2.45) is 17.8 Å². The number of rotatable bonds is 7. The molecule has 0 atom stereocenters. The molecule has 0 bridgehead atoms. The van der Waals surface area contributed by atoms with Crippen LogP contribution in [0.25, 0.3) is 0 Å². The Balaban J connectivity index is 1.63. The van der Waals surface area contributed by atoms with Crippen LogP contribution in [-0.2, 0) is 0 Å². The first-order valence-corrected chi connectivity index (χ1v) is 7.59. The molecule has 3 rings (SSSR count). The van der Waals surface area contributed by atoms with Crippen LogP contribution in [0.5, 0.6) is 0 Å². The summed E-state index contributed by atoms with van der Waals surface area (Å²) >= 11 is 0. The van der Waals surface area contributed by atoms with Crippen molar-refractivity contribution in [1.29, 1.82) is 0 Å². The van der Waals surface area contributed by atoms with Crippen LogP contribution in [0.2, 0.25) is 0 Å². The molecular formula is C15H24N4. The SMILES string of the molecule is CCNc1ncnc(NCC(C2CC2)C2CC2)c1C. The minimum absolute atomic E-state index is 0.872. The normalized spacial score (nSPS) is 18.7. The number of nitrogens with zero attached hydrogens (tertiary/aromatic N) is 2. The molecule has 2 aliphatic rings. The molecule has 19 heavy (non-hydrogen) atoms. The lowest BCUT2D eigenvalue weighted by molar-refractivity contribution is 0.427. The van der Waals surface area contributed by atoms with E-state index < -0.39 is 0 Å². The highest BCUT2D eigenvalue weighted by molar-refractivity contribution is 5.56. The lowest BCUT2D eigenvalue weighted by Crippen LogP contribution is -2.19. The van der Waals surface area contributed by atoms with E-state index in [4.69, 9.17) is 0 Å². The van der Waals surface area contributed by atoms with Gasteiger partial charge in [0.1, 0.15) is 18.0 Å². The molecule has 2 saturated carbocycles. The van der Waals surface area contributed by atoms with E-state index in [1.165, 1.54) is 25.7 Å². The summed E-state index contributed by atoms with van der Waals surface area (Å²) in [6.45, 7) is 6.15. The van der Waals surface area contributed by atoms with Crippen molar-refractivity contribution < 1.29 is 0 Å². The third-order valence-electron chi connectivity index (χ3n) is 4.39. The quantitative estimate of drug-likeness (QED) is 0.791. The molecule has 0 amide bonds. The molecule has 0 aromatic carbocycles. The molecule has 2 aliphatic carbocycles. The first-order chi connectivity index (χ1) is 9.29. The minimum atomic E-state index is 0.872. The van der Waals surface area contributed by atoms with Gasteiger partial charge in [0.25, 0.3) is 0 Å². The summed E-state index contributed by atoms with van der Waals surface area (Å²) in [5.74, 6) is 4.79. The maximum Gasteiger partial charge on any atom is 0.134 e. The van der Waals surface area contributed by atoms with Gasteiger partial charge in [-0.1, -0.05) is 0 Å². The van der Waals surface area contributed by atoms with Crippen LogP contribution in [0.3, 0.4) is 0 Å². The van der Waals surface area contributed by atoms with E-state index in [2.05, 4.69) is 34.4 Å². The third-order valence-corrected chi connectivity index (χ3v) is 4.39. The van der Waals surface area contributed by atoms with Crippen LogP contribution in [0.4, 0.5) is 11.6 Å². The van der Waals surface area contributed by atoms with Crippen molar-refractivity contribution in [2.45, 2.75) is 39.5 Å². The fraction of sp³-hybridized carbons (Fsp3) is 0.733. The Morgan fingerprint density at radius 2 is 1.68 bits per heavy atom. The van der Waals surface area contributed by atoms with Crippen molar-refractivity contribution in [3.05, 3.63) is 11.9 Å². The van der Waals surface area contributed by atoms with E-state index in [9.17, 15) is 0 Å². The molecule has 2 fully saturated rings. The molecule has 0 radical (unpaired) electrons. The van der Waals surface area contributed by atoms with Crippen LogP contribution in [-0.4, -0.2) is 23.1 Å². The molecule has 0 spiro atoms. The second-order valence-corrected chi connectivity index (χ2v) is 5.95. The maximum atomic E-state index is 4.39. The molecule has 1 heterocycles. The highest BCUT2D eigenvalue weighted by Gasteiger charge is 2.41. The molecule has 1 aromatic heterocycles. The molecule has 0 aliphatic heterocycles. The van der Waals surface area contributed by atoms with E-state index >= 15 is 0 Å². The third kappa shape index (κ3) is 2.99. The van der Waals surface area contributed by atoms with E-state index in [0.717, 1.165) is 48.0 Å². The number of nitrogens with one attached hydrogen (secondary N) is 2. The monoisotopic (exact) mass is 260 g/mol. The zero-order valence-corrected chi connectivity index (χ0v) is 11.9. The fourth-order valence-corrected chi connectivity index (χ4v) is 2.96. The van der Waals surface area contributed by atoms with Crippen molar-refractivity contribution >= 4 is 11.6 Å². The van der Waals surface area contributed by atoms with Crippen molar-refractivity contribution in [3.8, 4) is 0 Å². The molecule has 2 N–H and O–H groups in total. The highest BCUT2D eigenvalue weighted by Crippen LogP contribution is 2.49. The summed E-state index contributed by atoms with van der Waals surface area (Å²) in [7, 11) is 0. The number of anilines is 2. The Kier molecular flexibility index (Phi) is 3.58. The van der Waals surface area contributed by atoms with Gasteiger partial charge in [0, 0.05) is 18.7 Å². The van der Waals surface area contributed by atoms with E-state index in [-0.39, 0.29) is 0 Å². The largest absolute Gasteiger partial charge is 0.370 e. The predicted octanol–water partition coefficient (Wildman–Crippen LogP) is 3.06. The summed E-state index contributed by atoms with van der Waals surface area (Å²) in [6, 6.07) is 0. The molecule has 1 aromatic rings. The average Bonchev–Trinajstić information content (AvgIpc) is 3.27. The van der Waals surface area contributed by atoms with E-state index in [1.807, 2.05) is 0 Å². The highest BCUT2D eigenvalue weighted by atomic mass is 15.1. The van der Waals surface area contributed by atoms with Gasteiger partial charge in [0.2, 0.25) is 0 Å². The first kappa shape index (κ1) is 12.7. The lowest BCUT2D eigenvalue weighted by atomic mass is 9.98. The van der Waals surface area contributed by atoms with Gasteiger partial charge < -0.3 is 10.6 Å². The number of hydrogen-bond acceptors (Lipinski definition) is 4. The Labute approximate surface area is 115 Å². The van der Waals surface area contributed by atoms with Gasteiger partial charge in [-0.15, -0.1) is 0 Å². The standard InChI is InChI=1S/C15H24N4/c1-3-16-14-10(2)15(19-9-18-14)17-8-13(11-4-5-11)12-6-7-12/h9,11-13H,3-8H2,1-2H3,(H2,16,17,18,19). The fourth-order valence-electron chi connectivity index (χ4n) is 2.96. The zero-order valence-electron chi connectivity index (χ0n) is 11.9. The Hall–Kier alpha value is -1.32. The van der Waals surface area contributed by atoms with Crippen LogP contribution >= 0.6 is 0 Å². The number of aromatic nitrogens is 2. The second kappa shape index (κ2) is 5.35. The van der Waals surface area contributed by atoms with Crippen LogP contribution in [0.15, 0.2) is 6.33 Å². The summed E-state index contributed by atoms with van der Waals surface area (Å²) in [5, 5.41) is 6.85. The topological polar surface area (TPSA) is 49.8 Å². The summed E-state index contributed by atoms with van der Waals surface area (Å²) in [4.78, 5) is 8.68. The summed E-state index contributed by atoms with van der Waals surface area (Å²) in [5.41, 5.74) is 1.13. The molecular weight excluding hydrogens is 236 g/mol. The molecule has 0 unspecified atom stereocenters. The van der Waals surface area contributed by atoms with Gasteiger partial charge in [-0.2, -0.15) is 0 Å². The Bertz CT molecular complexity index is 426. The first-order valence-electron chi connectivity index (χ1n) is 7.59. The van der Waals surface area contributed by atoms with Gasteiger partial charge in [-0.05, 0) is 57.3 Å². The predicted molar refractivity (Wildman–Crippen MR) is 78.4 cm³/mol. The van der Waals surface area contributed by atoms with Crippen molar-refractivity contribution in [2.75, 3.05) is 23.7 Å².